The number of nitrogen functional groups attached to an aromatic ring is 1. The van der Waals surface area contributed by atoms with Gasteiger partial charge in [-0.25, -0.2) is 13.9 Å². The number of esters is 1. The highest BCUT2D eigenvalue weighted by atomic mass is 31.2. The first-order chi connectivity index (χ1) is 19.8. The van der Waals surface area contributed by atoms with Gasteiger partial charge in [-0.05, 0) is 39.3 Å². The van der Waals surface area contributed by atoms with Crippen molar-refractivity contribution in [2.45, 2.75) is 70.4 Å². The maximum absolute atomic E-state index is 15.8. The molecule has 4 N–H and O–H groups in total. The number of aromatic nitrogens is 4. The first kappa shape index (κ1) is 31.6. The van der Waals surface area contributed by atoms with Crippen LogP contribution < -0.4 is 20.2 Å². The molecule has 3 aromatic rings. The summed E-state index contributed by atoms with van der Waals surface area (Å²) in [5, 5.41) is 13.7. The molecule has 1 saturated heterocycles. The minimum absolute atomic E-state index is 0.0535. The quantitative estimate of drug-likeness (QED) is 0.202. The summed E-state index contributed by atoms with van der Waals surface area (Å²) in [6, 6.07) is 7.09. The van der Waals surface area contributed by atoms with Crippen molar-refractivity contribution < 1.29 is 37.4 Å². The van der Waals surface area contributed by atoms with Gasteiger partial charge in [-0.3, -0.25) is 13.9 Å². The number of anilines is 2. The molecule has 42 heavy (non-hydrogen) atoms. The third-order valence-electron chi connectivity index (χ3n) is 6.69. The number of nitrogens with one attached hydrogen (secondary N) is 1. The summed E-state index contributed by atoms with van der Waals surface area (Å²) in [7, 11) is -0.817. The molecule has 0 amide bonds. The lowest BCUT2D eigenvalue weighted by Crippen LogP contribution is -2.46. The number of alkyl halides is 1. The number of hydrogen-bond donors (Lipinski definition) is 3. The maximum atomic E-state index is 15.8. The number of nitrogens with two attached hydrogens (primary N) is 1. The number of hydrogen-bond acceptors (Lipinski definition) is 12. The molecule has 0 aliphatic carbocycles. The average molecular weight is 610 g/mol. The van der Waals surface area contributed by atoms with Crippen LogP contribution in [0.3, 0.4) is 0 Å². The van der Waals surface area contributed by atoms with Crippen molar-refractivity contribution in [1.29, 1.82) is 0 Å². The highest BCUT2D eigenvalue weighted by molar-refractivity contribution is 7.52. The Hall–Kier alpha value is -3.36. The monoisotopic (exact) mass is 609 g/mol. The van der Waals surface area contributed by atoms with Crippen LogP contribution in [0.25, 0.3) is 11.2 Å². The Morgan fingerprint density at radius 3 is 2.60 bits per heavy atom. The van der Waals surface area contributed by atoms with Gasteiger partial charge in [0.15, 0.2) is 29.4 Å². The molecular formula is C26H37FN7O7P. The SMILES string of the molecule is CC[C@]1(CO[P@@](=O)(N[C@@H](C)C(=O)OC(C)C)Oc2ccccc2)O[C@@H](n2cnc3c(N(C)C)nc(N)nc32)[C@H](F)[C@@H]1O. The smallest absolute Gasteiger partial charge is 0.459 e. The van der Waals surface area contributed by atoms with Crippen molar-refractivity contribution in [3.05, 3.63) is 36.7 Å². The summed E-state index contributed by atoms with van der Waals surface area (Å²) in [5.41, 5.74) is 4.80. The van der Waals surface area contributed by atoms with E-state index in [0.29, 0.717) is 11.3 Å². The fraction of sp³-hybridized carbons (Fsp3) is 0.538. The van der Waals surface area contributed by atoms with Gasteiger partial charge in [0.05, 0.1) is 19.0 Å². The molecule has 0 radical (unpaired) electrons. The number of aliphatic hydroxyl groups excluding tert-OH is 1. The second kappa shape index (κ2) is 12.5. The predicted molar refractivity (Wildman–Crippen MR) is 153 cm³/mol. The van der Waals surface area contributed by atoms with Crippen LogP contribution in [-0.4, -0.2) is 81.3 Å². The zero-order valence-corrected chi connectivity index (χ0v) is 25.2. The van der Waals surface area contributed by atoms with Crippen LogP contribution in [0.1, 0.15) is 40.3 Å². The van der Waals surface area contributed by atoms with Gasteiger partial charge >= 0.3 is 13.7 Å². The lowest BCUT2D eigenvalue weighted by molar-refractivity contribution is -0.149. The molecule has 1 fully saturated rings. The number of ether oxygens (including phenoxy) is 2. The molecule has 0 spiro atoms. The van der Waals surface area contributed by atoms with E-state index < -0.39 is 56.6 Å². The molecule has 0 saturated carbocycles. The van der Waals surface area contributed by atoms with Crippen LogP contribution in [0.2, 0.25) is 0 Å². The van der Waals surface area contributed by atoms with Gasteiger partial charge in [0.25, 0.3) is 0 Å². The van der Waals surface area contributed by atoms with Gasteiger partial charge in [-0.15, -0.1) is 0 Å². The zero-order chi connectivity index (χ0) is 30.8. The summed E-state index contributed by atoms with van der Waals surface area (Å²) in [6.07, 6.45) is -4.04. The zero-order valence-electron chi connectivity index (χ0n) is 24.3. The third-order valence-corrected chi connectivity index (χ3v) is 8.31. The van der Waals surface area contributed by atoms with Crippen LogP contribution in [0.5, 0.6) is 5.75 Å². The van der Waals surface area contributed by atoms with E-state index in [9.17, 15) is 14.5 Å². The van der Waals surface area contributed by atoms with Crippen LogP contribution >= 0.6 is 7.75 Å². The molecule has 14 nitrogen and oxygen atoms in total. The van der Waals surface area contributed by atoms with Gasteiger partial charge < -0.3 is 29.7 Å². The van der Waals surface area contributed by atoms with Crippen LogP contribution in [0, 0.1) is 0 Å². The highest BCUT2D eigenvalue weighted by Crippen LogP contribution is 2.49. The minimum Gasteiger partial charge on any atom is -0.462 e. The van der Waals surface area contributed by atoms with Crippen molar-refractivity contribution in [1.82, 2.24) is 24.6 Å². The number of para-hydroxylation sites is 1. The van der Waals surface area contributed by atoms with Crippen LogP contribution in [0.15, 0.2) is 36.7 Å². The molecule has 6 atom stereocenters. The Bertz CT molecular complexity index is 1440. The number of halogens is 1. The van der Waals surface area contributed by atoms with Crippen molar-refractivity contribution in [2.24, 2.45) is 0 Å². The van der Waals surface area contributed by atoms with Gasteiger partial charge in [0.2, 0.25) is 5.95 Å². The highest BCUT2D eigenvalue weighted by Gasteiger charge is 2.56. The molecule has 1 aliphatic rings. The number of carbonyl (C=O) groups is 1. The number of benzene rings is 1. The summed E-state index contributed by atoms with van der Waals surface area (Å²) >= 11 is 0. The van der Waals surface area contributed by atoms with Crippen molar-refractivity contribution >= 4 is 36.6 Å². The number of imidazole rings is 1. The van der Waals surface area contributed by atoms with E-state index in [1.165, 1.54) is 17.8 Å². The van der Waals surface area contributed by atoms with Gasteiger partial charge in [-0.2, -0.15) is 15.1 Å². The minimum atomic E-state index is -4.32. The Labute approximate surface area is 242 Å². The fourth-order valence-electron chi connectivity index (χ4n) is 4.49. The standard InChI is InChI=1S/C26H37FN7O7P/c1-7-26(13-38-42(37,41-17-11-9-8-10-12-17)32-16(4)24(36)39-15(2)3)20(35)18(27)23(40-26)34-14-29-19-21(33(5)6)30-25(28)31-22(19)34/h8-12,14-16,18,20,23,35H,7,13H2,1-6H3,(H,32,37)(H2,28,30,31)/t16-,18+,20-,23+,26+,42-/m0/s1. The first-order valence-electron chi connectivity index (χ1n) is 13.4. The molecule has 0 unspecified atom stereocenters. The Kier molecular flexibility index (Phi) is 9.38. The van der Waals surface area contributed by atoms with E-state index in [2.05, 4.69) is 20.0 Å². The molecule has 16 heteroatoms. The van der Waals surface area contributed by atoms with Gasteiger partial charge in [0, 0.05) is 14.1 Å². The van der Waals surface area contributed by atoms with Crippen LogP contribution in [-0.2, 0) is 23.4 Å². The van der Waals surface area contributed by atoms with E-state index in [1.807, 2.05) is 0 Å². The topological polar surface area (TPSA) is 176 Å². The summed E-state index contributed by atoms with van der Waals surface area (Å²) in [4.78, 5) is 26.9. The number of nitrogens with zero attached hydrogens (tertiary/aromatic N) is 5. The molecule has 1 aromatic carbocycles. The van der Waals surface area contributed by atoms with E-state index in [1.54, 1.807) is 70.1 Å². The molecule has 0 bridgehead atoms. The largest absolute Gasteiger partial charge is 0.462 e. The van der Waals surface area contributed by atoms with E-state index in [-0.39, 0.29) is 23.8 Å². The molecular weight excluding hydrogens is 572 g/mol. The van der Waals surface area contributed by atoms with Crippen molar-refractivity contribution in [2.75, 3.05) is 31.3 Å². The van der Waals surface area contributed by atoms with E-state index in [0.717, 1.165) is 0 Å². The van der Waals surface area contributed by atoms with Gasteiger partial charge in [0.1, 0.15) is 23.5 Å². The van der Waals surface area contributed by atoms with E-state index >= 15 is 4.39 Å². The number of fused-ring (bicyclic) bond motifs is 1. The average Bonchev–Trinajstić information content (AvgIpc) is 3.45. The van der Waals surface area contributed by atoms with Crippen LogP contribution in [0.4, 0.5) is 16.2 Å². The predicted octanol–water partition coefficient (Wildman–Crippen LogP) is 2.98. The summed E-state index contributed by atoms with van der Waals surface area (Å²) in [6.45, 7) is 5.91. The maximum Gasteiger partial charge on any atom is 0.459 e. The molecule has 3 heterocycles. The summed E-state index contributed by atoms with van der Waals surface area (Å²) in [5.74, 6) is -0.119. The molecule has 4 rings (SSSR count). The number of carbonyl (C=O) groups excluding carboxylic acids is 1. The lowest BCUT2D eigenvalue weighted by atomic mass is 9.94. The van der Waals surface area contributed by atoms with Crippen molar-refractivity contribution in [3.8, 4) is 5.75 Å². The first-order valence-corrected chi connectivity index (χ1v) is 15.0. The number of rotatable bonds is 12. The lowest BCUT2D eigenvalue weighted by Gasteiger charge is -2.32. The second-order valence-electron chi connectivity index (χ2n) is 10.5. The van der Waals surface area contributed by atoms with Crippen molar-refractivity contribution in [3.63, 3.8) is 0 Å². The molecule has 2 aromatic heterocycles. The Morgan fingerprint density at radius 2 is 1.98 bits per heavy atom. The third kappa shape index (κ3) is 6.50. The molecule has 1 aliphatic heterocycles. The van der Waals surface area contributed by atoms with Gasteiger partial charge in [-0.1, -0.05) is 25.1 Å². The normalized spacial score (nSPS) is 24.5. The Balaban J connectivity index is 1.62. The summed E-state index contributed by atoms with van der Waals surface area (Å²) < 4.78 is 53.8. The molecule has 230 valence electrons. The second-order valence-corrected chi connectivity index (χ2v) is 12.1. The Morgan fingerprint density at radius 1 is 1.29 bits per heavy atom. The number of aliphatic hydroxyl groups is 1. The van der Waals surface area contributed by atoms with E-state index in [4.69, 9.17) is 24.3 Å². The fourth-order valence-corrected chi connectivity index (χ4v) is 6.04.